The van der Waals surface area contributed by atoms with E-state index in [0.29, 0.717) is 35.3 Å². The molecule has 2 amide bonds. The standard InChI is InChI=1S/C20H20ClN5O2/c1-2-3-18(27)25-17-6-4-15(5-7-17)19(28)26-9-8-14(13-26)10-22-20-23-11-16(21)12-24-20/h2-7,10-12,14H,8-9,13H2,1H3,(H,25,27)/b3-2+,22-10+. The van der Waals surface area contributed by atoms with Crippen LogP contribution in [0.25, 0.3) is 0 Å². The summed E-state index contributed by atoms with van der Waals surface area (Å²) >= 11 is 5.76. The van der Waals surface area contributed by atoms with Crippen molar-refractivity contribution in [2.45, 2.75) is 13.3 Å². The first-order valence-corrected chi connectivity index (χ1v) is 9.27. The van der Waals surface area contributed by atoms with E-state index in [2.05, 4.69) is 20.3 Å². The van der Waals surface area contributed by atoms with E-state index in [1.54, 1.807) is 48.4 Å². The van der Waals surface area contributed by atoms with Crippen molar-refractivity contribution >= 4 is 41.3 Å². The normalized spacial score (nSPS) is 16.8. The number of halogens is 1. The SMILES string of the molecule is C/C=C/C(=O)Nc1ccc(C(=O)N2CCC(/C=N/c3ncc(Cl)cn3)C2)cc1. The van der Waals surface area contributed by atoms with Crippen molar-refractivity contribution in [3.05, 3.63) is 59.4 Å². The Bertz CT molecular complexity index is 894. The van der Waals surface area contributed by atoms with Gasteiger partial charge in [0.25, 0.3) is 5.91 Å². The number of hydrogen-bond donors (Lipinski definition) is 1. The highest BCUT2D eigenvalue weighted by Gasteiger charge is 2.26. The van der Waals surface area contributed by atoms with Crippen LogP contribution in [0.15, 0.2) is 53.8 Å². The third-order valence-corrected chi connectivity index (χ3v) is 4.43. The molecule has 2 aromatic rings. The highest BCUT2D eigenvalue weighted by molar-refractivity contribution is 6.30. The van der Waals surface area contributed by atoms with E-state index in [-0.39, 0.29) is 17.7 Å². The minimum atomic E-state index is -0.201. The van der Waals surface area contributed by atoms with Crippen LogP contribution in [0.4, 0.5) is 11.6 Å². The molecule has 1 aliphatic heterocycles. The summed E-state index contributed by atoms with van der Waals surface area (Å²) in [6.07, 6.45) is 8.73. The molecule has 1 fully saturated rings. The van der Waals surface area contributed by atoms with Gasteiger partial charge in [0.15, 0.2) is 0 Å². The molecule has 0 radical (unpaired) electrons. The summed E-state index contributed by atoms with van der Waals surface area (Å²) in [5, 5.41) is 3.20. The van der Waals surface area contributed by atoms with Crippen LogP contribution in [0.1, 0.15) is 23.7 Å². The third kappa shape index (κ3) is 5.23. The molecule has 0 bridgehead atoms. The lowest BCUT2D eigenvalue weighted by molar-refractivity contribution is -0.111. The van der Waals surface area contributed by atoms with Gasteiger partial charge >= 0.3 is 0 Å². The van der Waals surface area contributed by atoms with Gasteiger partial charge in [-0.3, -0.25) is 9.59 Å². The summed E-state index contributed by atoms with van der Waals surface area (Å²) in [5.41, 5.74) is 1.23. The van der Waals surface area contributed by atoms with Crippen LogP contribution in [0.2, 0.25) is 5.02 Å². The molecule has 3 rings (SSSR count). The zero-order valence-corrected chi connectivity index (χ0v) is 16.1. The van der Waals surface area contributed by atoms with Crippen molar-refractivity contribution < 1.29 is 9.59 Å². The predicted octanol–water partition coefficient (Wildman–Crippen LogP) is 3.51. The quantitative estimate of drug-likeness (QED) is 0.617. The van der Waals surface area contributed by atoms with E-state index in [1.165, 1.54) is 18.5 Å². The maximum atomic E-state index is 12.7. The second-order valence-corrected chi connectivity index (χ2v) is 6.78. The number of carbonyl (C=O) groups excluding carboxylic acids is 2. The van der Waals surface area contributed by atoms with E-state index in [1.807, 2.05) is 0 Å². The van der Waals surface area contributed by atoms with Gasteiger partial charge in [-0.1, -0.05) is 17.7 Å². The van der Waals surface area contributed by atoms with E-state index in [9.17, 15) is 9.59 Å². The minimum absolute atomic E-state index is 0.0371. The van der Waals surface area contributed by atoms with Gasteiger partial charge in [0.1, 0.15) is 0 Å². The third-order valence-electron chi connectivity index (χ3n) is 4.24. The fraction of sp³-hybridized carbons (Fsp3) is 0.250. The Labute approximate surface area is 168 Å². The molecule has 1 aromatic heterocycles. The minimum Gasteiger partial charge on any atom is -0.338 e. The Morgan fingerprint density at radius 1 is 1.25 bits per heavy atom. The van der Waals surface area contributed by atoms with Crippen molar-refractivity contribution in [1.82, 2.24) is 14.9 Å². The smallest absolute Gasteiger partial charge is 0.253 e. The monoisotopic (exact) mass is 397 g/mol. The number of allylic oxidation sites excluding steroid dienone is 1. The number of benzene rings is 1. The fourth-order valence-electron chi connectivity index (χ4n) is 2.85. The average Bonchev–Trinajstić information content (AvgIpc) is 3.17. The van der Waals surface area contributed by atoms with Crippen molar-refractivity contribution in [2.24, 2.45) is 10.9 Å². The number of nitrogens with zero attached hydrogens (tertiary/aromatic N) is 4. The van der Waals surface area contributed by atoms with Gasteiger partial charge in [-0.15, -0.1) is 0 Å². The van der Waals surface area contributed by atoms with Gasteiger partial charge < -0.3 is 10.2 Å². The number of carbonyl (C=O) groups is 2. The number of amides is 2. The molecule has 0 saturated carbocycles. The maximum absolute atomic E-state index is 12.7. The van der Waals surface area contributed by atoms with Gasteiger partial charge in [-0.05, 0) is 43.7 Å². The zero-order valence-electron chi connectivity index (χ0n) is 15.4. The van der Waals surface area contributed by atoms with E-state index >= 15 is 0 Å². The summed E-state index contributed by atoms with van der Waals surface area (Å²) in [6.45, 7) is 3.03. The number of likely N-dealkylation sites (tertiary alicyclic amines) is 1. The summed E-state index contributed by atoms with van der Waals surface area (Å²) in [5.74, 6) is 0.269. The summed E-state index contributed by atoms with van der Waals surface area (Å²) in [4.78, 5) is 38.4. The topological polar surface area (TPSA) is 87.5 Å². The van der Waals surface area contributed by atoms with E-state index in [4.69, 9.17) is 11.6 Å². The van der Waals surface area contributed by atoms with Gasteiger partial charge in [0, 0.05) is 36.5 Å². The molecule has 28 heavy (non-hydrogen) atoms. The number of aromatic nitrogens is 2. The van der Waals surface area contributed by atoms with E-state index in [0.717, 1.165) is 6.42 Å². The maximum Gasteiger partial charge on any atom is 0.253 e. The zero-order chi connectivity index (χ0) is 19.9. The molecule has 7 nitrogen and oxygen atoms in total. The highest BCUT2D eigenvalue weighted by Crippen LogP contribution is 2.19. The lowest BCUT2D eigenvalue weighted by Crippen LogP contribution is -2.28. The lowest BCUT2D eigenvalue weighted by atomic mass is 10.1. The number of rotatable bonds is 5. The molecule has 1 aliphatic rings. The first kappa shape index (κ1) is 19.7. The molecule has 1 atom stereocenters. The summed E-state index contributed by atoms with van der Waals surface area (Å²) < 4.78 is 0. The number of hydrogen-bond acceptors (Lipinski definition) is 5. The molecule has 0 aliphatic carbocycles. The summed E-state index contributed by atoms with van der Waals surface area (Å²) in [6, 6.07) is 6.89. The van der Waals surface area contributed by atoms with Crippen LogP contribution < -0.4 is 5.32 Å². The largest absolute Gasteiger partial charge is 0.338 e. The Morgan fingerprint density at radius 3 is 2.64 bits per heavy atom. The molecule has 144 valence electrons. The van der Waals surface area contributed by atoms with Gasteiger partial charge in [0.2, 0.25) is 11.9 Å². The van der Waals surface area contributed by atoms with Crippen molar-refractivity contribution in [3.63, 3.8) is 0 Å². The number of anilines is 1. The fourth-order valence-corrected chi connectivity index (χ4v) is 2.95. The molecular weight excluding hydrogens is 378 g/mol. The molecule has 1 saturated heterocycles. The van der Waals surface area contributed by atoms with Crippen LogP contribution in [-0.4, -0.2) is 46.0 Å². The first-order chi connectivity index (χ1) is 13.5. The lowest BCUT2D eigenvalue weighted by Gasteiger charge is -2.16. The van der Waals surface area contributed by atoms with Crippen molar-refractivity contribution in [3.8, 4) is 0 Å². The second kappa shape index (κ2) is 9.23. The van der Waals surface area contributed by atoms with Gasteiger partial charge in [0.05, 0.1) is 17.4 Å². The first-order valence-electron chi connectivity index (χ1n) is 8.90. The molecule has 8 heteroatoms. The van der Waals surface area contributed by atoms with E-state index < -0.39 is 0 Å². The van der Waals surface area contributed by atoms with Crippen LogP contribution in [0.5, 0.6) is 0 Å². The molecule has 2 heterocycles. The molecular formula is C20H20ClN5O2. The highest BCUT2D eigenvalue weighted by atomic mass is 35.5. The number of aliphatic imine (C=N–C) groups is 1. The van der Waals surface area contributed by atoms with Crippen LogP contribution in [-0.2, 0) is 4.79 Å². The van der Waals surface area contributed by atoms with Crippen LogP contribution in [0, 0.1) is 5.92 Å². The Balaban J connectivity index is 1.56. The Hall–Kier alpha value is -3.06. The Morgan fingerprint density at radius 2 is 1.96 bits per heavy atom. The van der Waals surface area contributed by atoms with Crippen molar-refractivity contribution in [1.29, 1.82) is 0 Å². The summed E-state index contributed by atoms with van der Waals surface area (Å²) in [7, 11) is 0. The molecule has 1 unspecified atom stereocenters. The molecule has 1 N–H and O–H groups in total. The van der Waals surface area contributed by atoms with Crippen LogP contribution >= 0.6 is 11.6 Å². The van der Waals surface area contributed by atoms with Gasteiger partial charge in [-0.25, -0.2) is 15.0 Å². The average molecular weight is 398 g/mol. The van der Waals surface area contributed by atoms with Crippen LogP contribution in [0.3, 0.4) is 0 Å². The van der Waals surface area contributed by atoms with Crippen molar-refractivity contribution in [2.75, 3.05) is 18.4 Å². The van der Waals surface area contributed by atoms with Gasteiger partial charge in [-0.2, -0.15) is 0 Å². The molecule has 0 spiro atoms. The predicted molar refractivity (Wildman–Crippen MR) is 109 cm³/mol. The molecule has 1 aromatic carbocycles. The number of nitrogens with one attached hydrogen (secondary N) is 1. The second-order valence-electron chi connectivity index (χ2n) is 6.35. The Kier molecular flexibility index (Phi) is 6.49.